The molecule has 6 nitrogen and oxygen atoms in total. The van der Waals surface area contributed by atoms with Crippen LogP contribution in [0.15, 0.2) is 41.3 Å². The number of aromatic amines is 1. The third kappa shape index (κ3) is 3.75. The number of carbonyl (C=O) groups is 2. The fourth-order valence-electron chi connectivity index (χ4n) is 1.65. The molecule has 108 valence electrons. The normalized spacial score (nSPS) is 10.0. The maximum atomic E-state index is 13.7. The molecule has 0 saturated heterocycles. The number of nitrogens with one attached hydrogen (secondary N) is 3. The van der Waals surface area contributed by atoms with Gasteiger partial charge in [0.25, 0.3) is 5.91 Å². The first-order valence-corrected chi connectivity index (χ1v) is 6.03. The predicted octanol–water partition coefficient (Wildman–Crippen LogP) is 1.72. The van der Waals surface area contributed by atoms with Gasteiger partial charge in [-0.1, -0.05) is 0 Å². The molecule has 1 aromatic heterocycles. The van der Waals surface area contributed by atoms with Crippen molar-refractivity contribution in [2.45, 2.75) is 6.92 Å². The predicted molar refractivity (Wildman–Crippen MR) is 75.7 cm³/mol. The molecule has 0 aliphatic carbocycles. The lowest BCUT2D eigenvalue weighted by atomic mass is 10.2. The Hall–Kier alpha value is -2.96. The molecule has 0 bridgehead atoms. The van der Waals surface area contributed by atoms with Crippen molar-refractivity contribution in [3.05, 3.63) is 58.3 Å². The van der Waals surface area contributed by atoms with Crippen molar-refractivity contribution in [1.82, 2.24) is 4.98 Å². The summed E-state index contributed by atoms with van der Waals surface area (Å²) in [6.07, 6.45) is 1.23. The number of pyridine rings is 1. The van der Waals surface area contributed by atoms with Crippen molar-refractivity contribution in [3.63, 3.8) is 0 Å². The van der Waals surface area contributed by atoms with Crippen molar-refractivity contribution in [1.29, 1.82) is 0 Å². The van der Waals surface area contributed by atoms with E-state index in [0.29, 0.717) is 5.69 Å². The Morgan fingerprint density at radius 1 is 1.14 bits per heavy atom. The van der Waals surface area contributed by atoms with Crippen LogP contribution in [-0.4, -0.2) is 16.8 Å². The van der Waals surface area contributed by atoms with Gasteiger partial charge in [0.15, 0.2) is 0 Å². The number of amides is 2. The summed E-state index contributed by atoms with van der Waals surface area (Å²) < 4.78 is 13.7. The molecule has 0 aliphatic rings. The molecule has 0 atom stereocenters. The van der Waals surface area contributed by atoms with Crippen LogP contribution in [0, 0.1) is 5.82 Å². The minimum Gasteiger partial charge on any atom is -0.328 e. The van der Waals surface area contributed by atoms with Crippen molar-refractivity contribution < 1.29 is 14.0 Å². The zero-order valence-electron chi connectivity index (χ0n) is 11.1. The van der Waals surface area contributed by atoms with Gasteiger partial charge in [0, 0.05) is 24.9 Å². The Labute approximate surface area is 119 Å². The molecule has 2 amide bonds. The molecule has 0 aliphatic heterocycles. The molecule has 0 radical (unpaired) electrons. The van der Waals surface area contributed by atoms with E-state index in [9.17, 15) is 18.8 Å². The number of hydrogen-bond donors (Lipinski definition) is 3. The van der Waals surface area contributed by atoms with E-state index in [4.69, 9.17) is 0 Å². The van der Waals surface area contributed by atoms with Gasteiger partial charge in [-0.2, -0.15) is 0 Å². The lowest BCUT2D eigenvalue weighted by Gasteiger charge is -2.09. The number of anilines is 2. The lowest BCUT2D eigenvalue weighted by Crippen LogP contribution is -2.15. The molecule has 2 aromatic rings. The lowest BCUT2D eigenvalue weighted by molar-refractivity contribution is -0.114. The Morgan fingerprint density at radius 2 is 1.90 bits per heavy atom. The molecule has 0 saturated carbocycles. The Morgan fingerprint density at radius 3 is 2.52 bits per heavy atom. The van der Waals surface area contributed by atoms with E-state index in [1.807, 2.05) is 0 Å². The second-order valence-corrected chi connectivity index (χ2v) is 4.27. The van der Waals surface area contributed by atoms with Gasteiger partial charge >= 0.3 is 0 Å². The van der Waals surface area contributed by atoms with Crippen molar-refractivity contribution in [2.24, 2.45) is 0 Å². The summed E-state index contributed by atoms with van der Waals surface area (Å²) in [5.41, 5.74) is 0.127. The Bertz CT molecular complexity index is 735. The third-order valence-corrected chi connectivity index (χ3v) is 2.58. The van der Waals surface area contributed by atoms with Crippen LogP contribution < -0.4 is 16.2 Å². The molecular weight excluding hydrogens is 277 g/mol. The Kier molecular flexibility index (Phi) is 4.13. The van der Waals surface area contributed by atoms with Gasteiger partial charge in [-0.15, -0.1) is 0 Å². The van der Waals surface area contributed by atoms with Crippen LogP contribution >= 0.6 is 0 Å². The second-order valence-electron chi connectivity index (χ2n) is 4.27. The molecule has 1 heterocycles. The Balaban J connectivity index is 2.21. The zero-order valence-corrected chi connectivity index (χ0v) is 11.1. The highest BCUT2D eigenvalue weighted by molar-refractivity contribution is 6.04. The fourth-order valence-corrected chi connectivity index (χ4v) is 1.65. The summed E-state index contributed by atoms with van der Waals surface area (Å²) in [5.74, 6) is -1.52. The maximum absolute atomic E-state index is 13.7. The van der Waals surface area contributed by atoms with Gasteiger partial charge in [0.1, 0.15) is 5.82 Å². The number of rotatable bonds is 3. The molecule has 21 heavy (non-hydrogen) atoms. The largest absolute Gasteiger partial charge is 0.328 e. The molecule has 1 aromatic carbocycles. The number of aromatic nitrogens is 1. The van der Waals surface area contributed by atoms with Crippen molar-refractivity contribution >= 4 is 23.2 Å². The number of halogens is 1. The van der Waals surface area contributed by atoms with E-state index in [2.05, 4.69) is 15.6 Å². The first kappa shape index (κ1) is 14.4. The van der Waals surface area contributed by atoms with Gasteiger partial charge in [-0.05, 0) is 24.3 Å². The standard InChI is InChI=1S/C14H12FN3O3/c1-8(19)17-10-3-4-11(15)12(6-10)18-14(21)9-2-5-13(20)16-7-9/h2-7H,1H3,(H,16,20)(H,17,19)(H,18,21). The SMILES string of the molecule is CC(=O)Nc1ccc(F)c(NC(=O)c2ccc(=O)[nH]c2)c1. The fraction of sp³-hybridized carbons (Fsp3) is 0.0714. The monoisotopic (exact) mass is 289 g/mol. The average molecular weight is 289 g/mol. The molecule has 2 rings (SSSR count). The number of carbonyl (C=O) groups excluding carboxylic acids is 2. The number of benzene rings is 1. The summed E-state index contributed by atoms with van der Waals surface area (Å²) in [5, 5.41) is 4.86. The second kappa shape index (κ2) is 6.00. The van der Waals surface area contributed by atoms with Gasteiger partial charge in [0.2, 0.25) is 11.5 Å². The maximum Gasteiger partial charge on any atom is 0.257 e. The molecular formula is C14H12FN3O3. The highest BCUT2D eigenvalue weighted by atomic mass is 19.1. The van der Waals surface area contributed by atoms with Gasteiger partial charge in [-0.3, -0.25) is 14.4 Å². The van der Waals surface area contributed by atoms with Crippen LogP contribution in [0.1, 0.15) is 17.3 Å². The first-order valence-electron chi connectivity index (χ1n) is 6.03. The summed E-state index contributed by atoms with van der Waals surface area (Å²) >= 11 is 0. The highest BCUT2D eigenvalue weighted by Crippen LogP contribution is 2.20. The zero-order chi connectivity index (χ0) is 15.4. The minimum absolute atomic E-state index is 0.0718. The van der Waals surface area contributed by atoms with E-state index in [1.165, 1.54) is 37.4 Å². The van der Waals surface area contributed by atoms with E-state index in [1.54, 1.807) is 0 Å². The highest BCUT2D eigenvalue weighted by Gasteiger charge is 2.10. The van der Waals surface area contributed by atoms with E-state index in [-0.39, 0.29) is 22.7 Å². The average Bonchev–Trinajstić information content (AvgIpc) is 2.42. The molecule has 7 heteroatoms. The minimum atomic E-state index is -0.637. The van der Waals surface area contributed by atoms with Crippen LogP contribution in [0.5, 0.6) is 0 Å². The van der Waals surface area contributed by atoms with E-state index >= 15 is 0 Å². The van der Waals surface area contributed by atoms with E-state index < -0.39 is 11.7 Å². The van der Waals surface area contributed by atoms with Crippen LogP contribution in [0.4, 0.5) is 15.8 Å². The molecule has 0 unspecified atom stereocenters. The summed E-state index contributed by atoms with van der Waals surface area (Å²) in [4.78, 5) is 36.2. The molecule has 0 fully saturated rings. The van der Waals surface area contributed by atoms with Crippen LogP contribution in [0.25, 0.3) is 0 Å². The summed E-state index contributed by atoms with van der Waals surface area (Å²) in [7, 11) is 0. The molecule has 3 N–H and O–H groups in total. The molecule has 0 spiro atoms. The smallest absolute Gasteiger partial charge is 0.257 e. The van der Waals surface area contributed by atoms with Crippen molar-refractivity contribution in [3.8, 4) is 0 Å². The van der Waals surface area contributed by atoms with Gasteiger partial charge in [0.05, 0.1) is 11.3 Å². The third-order valence-electron chi connectivity index (χ3n) is 2.58. The van der Waals surface area contributed by atoms with Gasteiger partial charge < -0.3 is 15.6 Å². The number of hydrogen-bond acceptors (Lipinski definition) is 3. The number of H-pyrrole nitrogens is 1. The van der Waals surface area contributed by atoms with Crippen LogP contribution in [-0.2, 0) is 4.79 Å². The van der Waals surface area contributed by atoms with Crippen molar-refractivity contribution in [2.75, 3.05) is 10.6 Å². The van der Waals surface area contributed by atoms with Crippen LogP contribution in [0.3, 0.4) is 0 Å². The van der Waals surface area contributed by atoms with Crippen LogP contribution in [0.2, 0.25) is 0 Å². The van der Waals surface area contributed by atoms with Gasteiger partial charge in [-0.25, -0.2) is 4.39 Å². The quantitative estimate of drug-likeness (QED) is 0.803. The summed E-state index contributed by atoms with van der Waals surface area (Å²) in [6, 6.07) is 6.34. The topological polar surface area (TPSA) is 91.1 Å². The first-order chi connectivity index (χ1) is 9.95. The van der Waals surface area contributed by atoms with E-state index in [0.717, 1.165) is 6.07 Å². The summed E-state index contributed by atoms with van der Waals surface area (Å²) in [6.45, 7) is 1.32.